The molecular formula is C24H19N3O5. The van der Waals surface area contributed by atoms with Gasteiger partial charge in [-0.05, 0) is 47.9 Å². The van der Waals surface area contributed by atoms with Gasteiger partial charge in [-0.3, -0.25) is 24.8 Å². The number of hydrogen-bond donors (Lipinski definition) is 0. The summed E-state index contributed by atoms with van der Waals surface area (Å²) in [6.07, 6.45) is 5.05. The molecule has 0 spiro atoms. The van der Waals surface area contributed by atoms with Gasteiger partial charge in [0.05, 0.1) is 16.1 Å². The zero-order valence-electron chi connectivity index (χ0n) is 17.3. The number of fused-ring (bicyclic) bond motifs is 3. The minimum Gasteiger partial charge on any atom is -0.478 e. The summed E-state index contributed by atoms with van der Waals surface area (Å²) in [6, 6.07) is 11.9. The Labute approximate surface area is 183 Å². The van der Waals surface area contributed by atoms with E-state index in [0.717, 1.165) is 16.7 Å². The Kier molecular flexibility index (Phi) is 4.91. The predicted octanol–water partition coefficient (Wildman–Crippen LogP) is 4.27. The van der Waals surface area contributed by atoms with Crippen LogP contribution in [0.5, 0.6) is 11.5 Å². The molecule has 160 valence electrons. The first-order valence-electron chi connectivity index (χ1n) is 10.1. The van der Waals surface area contributed by atoms with Crippen molar-refractivity contribution in [2.75, 3.05) is 6.73 Å². The van der Waals surface area contributed by atoms with Gasteiger partial charge < -0.3 is 9.47 Å². The van der Waals surface area contributed by atoms with Crippen LogP contribution in [0, 0.1) is 17.0 Å². The summed E-state index contributed by atoms with van der Waals surface area (Å²) in [5.41, 5.74) is 3.69. The Balaban J connectivity index is 1.47. The average Bonchev–Trinajstić information content (AvgIpc) is 3.12. The number of nitrogens with zero attached hydrogens (tertiary/aromatic N) is 3. The molecule has 0 atom stereocenters. The number of aryl methyl sites for hydroxylation is 1. The van der Waals surface area contributed by atoms with Gasteiger partial charge in [0, 0.05) is 37.6 Å². The number of nitro benzene ring substituents is 1. The number of Topliss-reactive ketones (excluding diaryl/α,β-unsaturated/α-hetero) is 1. The maximum atomic E-state index is 13.1. The number of ketones is 1. The summed E-state index contributed by atoms with van der Waals surface area (Å²) < 4.78 is 12.0. The van der Waals surface area contributed by atoms with E-state index in [1.165, 1.54) is 12.1 Å². The van der Waals surface area contributed by atoms with Crippen molar-refractivity contribution in [2.45, 2.75) is 20.0 Å². The number of carbonyl (C=O) groups excluding carboxylic acids is 1. The Hall–Kier alpha value is -4.04. The van der Waals surface area contributed by atoms with Crippen molar-refractivity contribution >= 4 is 17.5 Å². The monoisotopic (exact) mass is 429 g/mol. The topological polar surface area (TPSA) is 94.8 Å². The molecule has 5 rings (SSSR count). The molecule has 3 aromatic rings. The highest BCUT2D eigenvalue weighted by molar-refractivity contribution is 6.15. The lowest BCUT2D eigenvalue weighted by molar-refractivity contribution is -0.384. The van der Waals surface area contributed by atoms with Gasteiger partial charge >= 0.3 is 0 Å². The van der Waals surface area contributed by atoms with E-state index in [1.54, 1.807) is 30.6 Å². The summed E-state index contributed by atoms with van der Waals surface area (Å²) in [6.45, 7) is 3.52. The molecule has 0 aliphatic carbocycles. The summed E-state index contributed by atoms with van der Waals surface area (Å²) in [7, 11) is 0. The maximum absolute atomic E-state index is 13.1. The molecule has 8 nitrogen and oxygen atoms in total. The highest BCUT2D eigenvalue weighted by atomic mass is 16.6. The molecule has 2 aliphatic rings. The zero-order valence-corrected chi connectivity index (χ0v) is 17.3. The highest BCUT2D eigenvalue weighted by Crippen LogP contribution is 2.44. The van der Waals surface area contributed by atoms with Crippen molar-refractivity contribution in [2.24, 2.45) is 0 Å². The second-order valence-electron chi connectivity index (χ2n) is 7.78. The number of hydrogen-bond acceptors (Lipinski definition) is 7. The van der Waals surface area contributed by atoms with Crippen molar-refractivity contribution < 1.29 is 19.2 Å². The molecule has 1 aromatic heterocycles. The molecule has 32 heavy (non-hydrogen) atoms. The molecule has 0 radical (unpaired) electrons. The molecule has 3 heterocycles. The average molecular weight is 429 g/mol. The fraction of sp³-hybridized carbons (Fsp3) is 0.167. The number of non-ortho nitro benzene ring substituents is 1. The van der Waals surface area contributed by atoms with E-state index in [1.807, 2.05) is 25.1 Å². The van der Waals surface area contributed by atoms with E-state index in [0.29, 0.717) is 42.4 Å². The van der Waals surface area contributed by atoms with Crippen molar-refractivity contribution in [3.05, 3.63) is 98.5 Å². The van der Waals surface area contributed by atoms with Gasteiger partial charge in [-0.25, -0.2) is 0 Å². The molecule has 0 N–H and O–H groups in total. The second kappa shape index (κ2) is 7.90. The number of rotatable bonds is 4. The van der Waals surface area contributed by atoms with Crippen LogP contribution in [0.1, 0.15) is 32.6 Å². The largest absolute Gasteiger partial charge is 0.478 e. The van der Waals surface area contributed by atoms with Crippen molar-refractivity contribution in [3.63, 3.8) is 0 Å². The third-order valence-corrected chi connectivity index (χ3v) is 5.52. The second-order valence-corrected chi connectivity index (χ2v) is 7.78. The summed E-state index contributed by atoms with van der Waals surface area (Å²) in [5, 5.41) is 11.1. The lowest BCUT2D eigenvalue weighted by atomic mass is 9.98. The first kappa shape index (κ1) is 19.9. The number of pyridine rings is 1. The fourth-order valence-corrected chi connectivity index (χ4v) is 4.00. The molecule has 0 fully saturated rings. The lowest BCUT2D eigenvalue weighted by Crippen LogP contribution is -2.31. The van der Waals surface area contributed by atoms with Crippen LogP contribution in [0.25, 0.3) is 6.08 Å². The van der Waals surface area contributed by atoms with E-state index in [-0.39, 0.29) is 17.2 Å². The van der Waals surface area contributed by atoms with Crippen molar-refractivity contribution in [1.82, 2.24) is 9.88 Å². The van der Waals surface area contributed by atoms with E-state index < -0.39 is 4.92 Å². The van der Waals surface area contributed by atoms with Gasteiger partial charge in [-0.15, -0.1) is 0 Å². The number of nitro groups is 1. The zero-order chi connectivity index (χ0) is 22.2. The van der Waals surface area contributed by atoms with Crippen LogP contribution in [0.2, 0.25) is 0 Å². The number of benzene rings is 2. The van der Waals surface area contributed by atoms with Crippen molar-refractivity contribution in [3.8, 4) is 11.5 Å². The molecular weight excluding hydrogens is 410 g/mol. The molecule has 2 aromatic carbocycles. The van der Waals surface area contributed by atoms with E-state index in [4.69, 9.17) is 9.47 Å². The van der Waals surface area contributed by atoms with E-state index in [2.05, 4.69) is 9.88 Å². The van der Waals surface area contributed by atoms with Gasteiger partial charge in [0.15, 0.2) is 5.76 Å². The Bertz CT molecular complexity index is 1270. The number of ether oxygens (including phenoxy) is 2. The molecule has 0 amide bonds. The number of carbonyl (C=O) groups is 1. The maximum Gasteiger partial charge on any atom is 0.270 e. The van der Waals surface area contributed by atoms with Crippen LogP contribution < -0.4 is 9.47 Å². The van der Waals surface area contributed by atoms with E-state index >= 15 is 0 Å². The standard InChI is InChI=1S/C24H19N3O5/c1-15-9-20-19(13-26(14-31-20)12-16-5-7-25-8-6-16)24-22(15)23(28)21(32-24)11-17-3-2-4-18(10-17)27(29)30/h2-11H,12-14H2,1H3/b21-11-. The quantitative estimate of drug-likeness (QED) is 0.347. The third-order valence-electron chi connectivity index (χ3n) is 5.52. The predicted molar refractivity (Wildman–Crippen MR) is 116 cm³/mol. The molecule has 0 saturated carbocycles. The van der Waals surface area contributed by atoms with Crippen molar-refractivity contribution in [1.29, 1.82) is 0 Å². The van der Waals surface area contributed by atoms with Crippen LogP contribution in [-0.2, 0) is 13.1 Å². The first-order valence-corrected chi connectivity index (χ1v) is 10.1. The Morgan fingerprint density at radius 3 is 2.81 bits per heavy atom. The molecule has 2 aliphatic heterocycles. The minimum atomic E-state index is -0.469. The summed E-state index contributed by atoms with van der Waals surface area (Å²) >= 11 is 0. The minimum absolute atomic E-state index is 0.0453. The van der Waals surface area contributed by atoms with Gasteiger partial charge in [0.25, 0.3) is 5.69 Å². The van der Waals surface area contributed by atoms with Gasteiger partial charge in [-0.2, -0.15) is 0 Å². The third kappa shape index (κ3) is 3.61. The van der Waals surface area contributed by atoms with Crippen LogP contribution in [0.4, 0.5) is 5.69 Å². The van der Waals surface area contributed by atoms with Crippen LogP contribution in [0.3, 0.4) is 0 Å². The highest BCUT2D eigenvalue weighted by Gasteiger charge is 2.35. The summed E-state index contributed by atoms with van der Waals surface area (Å²) in [4.78, 5) is 29.9. The lowest BCUT2D eigenvalue weighted by Gasteiger charge is -2.30. The Morgan fingerprint density at radius 1 is 1.22 bits per heavy atom. The van der Waals surface area contributed by atoms with Gasteiger partial charge in [0.1, 0.15) is 18.2 Å². The fourth-order valence-electron chi connectivity index (χ4n) is 4.00. The van der Waals surface area contributed by atoms with Gasteiger partial charge in [0.2, 0.25) is 5.78 Å². The summed E-state index contributed by atoms with van der Waals surface area (Å²) in [5.74, 6) is 1.11. The SMILES string of the molecule is Cc1cc2c(c3c1C(=O)/C(=C/c1cccc([N+](=O)[O-])c1)O3)CN(Cc1ccncc1)CO2. The van der Waals surface area contributed by atoms with Crippen LogP contribution in [-0.4, -0.2) is 27.3 Å². The van der Waals surface area contributed by atoms with Gasteiger partial charge in [-0.1, -0.05) is 12.1 Å². The normalized spacial score (nSPS) is 16.3. The van der Waals surface area contributed by atoms with E-state index in [9.17, 15) is 14.9 Å². The van der Waals surface area contributed by atoms with Crippen LogP contribution >= 0.6 is 0 Å². The molecule has 8 heteroatoms. The molecule has 0 bridgehead atoms. The number of aromatic nitrogens is 1. The molecule has 0 saturated heterocycles. The Morgan fingerprint density at radius 2 is 2.03 bits per heavy atom. The van der Waals surface area contributed by atoms with Crippen LogP contribution in [0.15, 0.2) is 60.6 Å². The first-order chi connectivity index (χ1) is 15.5. The molecule has 0 unspecified atom stereocenters. The smallest absolute Gasteiger partial charge is 0.270 e. The number of allylic oxidation sites excluding steroid dienone is 1.